The number of nitrogens with one attached hydrogen (secondary N) is 1. The minimum absolute atomic E-state index is 0.812. The van der Waals surface area contributed by atoms with Crippen molar-refractivity contribution in [2.75, 3.05) is 5.32 Å². The number of aryl methyl sites for hydroxylation is 1. The van der Waals surface area contributed by atoms with Crippen LogP contribution in [0.5, 0.6) is 0 Å². The van der Waals surface area contributed by atoms with E-state index < -0.39 is 0 Å². The van der Waals surface area contributed by atoms with Crippen molar-refractivity contribution in [1.82, 2.24) is 4.98 Å². The average molecular weight is 342 g/mol. The second-order valence-electron chi connectivity index (χ2n) is 3.44. The van der Waals surface area contributed by atoms with Crippen LogP contribution < -0.4 is 5.32 Å². The predicted octanol–water partition coefficient (Wildman–Crippen LogP) is 4.66. The van der Waals surface area contributed by atoms with Crippen molar-refractivity contribution >= 4 is 43.4 Å². The van der Waals surface area contributed by atoms with E-state index in [0.717, 1.165) is 20.5 Å². The van der Waals surface area contributed by atoms with Gasteiger partial charge in [0.15, 0.2) is 0 Å². The molecule has 0 aliphatic carbocycles. The van der Waals surface area contributed by atoms with Gasteiger partial charge in [-0.3, -0.25) is 0 Å². The first-order valence-corrected chi connectivity index (χ1v) is 6.39. The summed E-state index contributed by atoms with van der Waals surface area (Å²) >= 11 is 6.98. The zero-order chi connectivity index (χ0) is 11.5. The van der Waals surface area contributed by atoms with Crippen molar-refractivity contribution in [3.05, 3.63) is 51.0 Å². The van der Waals surface area contributed by atoms with Gasteiger partial charge in [-0.15, -0.1) is 0 Å². The molecule has 1 heterocycles. The fourth-order valence-corrected chi connectivity index (χ4v) is 2.27. The second kappa shape index (κ2) is 4.97. The molecule has 16 heavy (non-hydrogen) atoms. The largest absolute Gasteiger partial charge is 0.338 e. The Hall–Kier alpha value is -0.870. The van der Waals surface area contributed by atoms with Crippen LogP contribution in [0.1, 0.15) is 5.56 Å². The monoisotopic (exact) mass is 340 g/mol. The number of aromatic nitrogens is 1. The summed E-state index contributed by atoms with van der Waals surface area (Å²) in [7, 11) is 0. The molecule has 0 bridgehead atoms. The van der Waals surface area contributed by atoms with Crippen molar-refractivity contribution in [2.24, 2.45) is 0 Å². The summed E-state index contributed by atoms with van der Waals surface area (Å²) < 4.78 is 1.98. The third kappa shape index (κ3) is 2.62. The summed E-state index contributed by atoms with van der Waals surface area (Å²) in [5.41, 5.74) is 2.22. The van der Waals surface area contributed by atoms with Crippen molar-refractivity contribution in [3.63, 3.8) is 0 Å². The highest BCUT2D eigenvalue weighted by atomic mass is 79.9. The topological polar surface area (TPSA) is 24.9 Å². The first-order chi connectivity index (χ1) is 7.66. The van der Waals surface area contributed by atoms with Crippen LogP contribution in [0, 0.1) is 6.92 Å². The summed E-state index contributed by atoms with van der Waals surface area (Å²) in [4.78, 5) is 4.26. The van der Waals surface area contributed by atoms with Gasteiger partial charge >= 0.3 is 0 Å². The van der Waals surface area contributed by atoms with Crippen molar-refractivity contribution in [1.29, 1.82) is 0 Å². The van der Waals surface area contributed by atoms with E-state index in [0.29, 0.717) is 0 Å². The molecule has 1 aromatic carbocycles. The van der Waals surface area contributed by atoms with E-state index in [1.165, 1.54) is 5.56 Å². The molecule has 1 aromatic heterocycles. The zero-order valence-corrected chi connectivity index (χ0v) is 11.8. The normalized spacial score (nSPS) is 10.2. The lowest BCUT2D eigenvalue weighted by Crippen LogP contribution is -1.95. The molecular weight excluding hydrogens is 332 g/mol. The molecule has 2 aromatic rings. The maximum Gasteiger partial charge on any atom is 0.144 e. The summed E-state index contributed by atoms with van der Waals surface area (Å²) in [5, 5.41) is 3.26. The first kappa shape index (κ1) is 11.6. The average Bonchev–Trinajstić information content (AvgIpc) is 2.25. The minimum Gasteiger partial charge on any atom is -0.338 e. The van der Waals surface area contributed by atoms with Crippen LogP contribution in [-0.4, -0.2) is 4.98 Å². The molecule has 0 saturated carbocycles. The molecule has 0 unspecified atom stereocenters. The highest BCUT2D eigenvalue weighted by Crippen LogP contribution is 2.28. The van der Waals surface area contributed by atoms with Crippen LogP contribution in [0.4, 0.5) is 11.5 Å². The minimum atomic E-state index is 0.812. The number of hydrogen-bond donors (Lipinski definition) is 1. The van der Waals surface area contributed by atoms with Crippen LogP contribution in [0.3, 0.4) is 0 Å². The molecule has 82 valence electrons. The summed E-state index contributed by atoms with van der Waals surface area (Å²) in [6.07, 6.45) is 1.76. The third-order valence-electron chi connectivity index (χ3n) is 2.14. The van der Waals surface area contributed by atoms with Gasteiger partial charge in [-0.25, -0.2) is 4.98 Å². The van der Waals surface area contributed by atoms with Crippen LogP contribution in [0.25, 0.3) is 0 Å². The van der Waals surface area contributed by atoms with Crippen molar-refractivity contribution in [3.8, 4) is 0 Å². The summed E-state index contributed by atoms with van der Waals surface area (Å²) in [5.74, 6) is 0.812. The quantitative estimate of drug-likeness (QED) is 0.859. The Bertz CT molecular complexity index is 512. The Labute approximate surface area is 111 Å². The highest BCUT2D eigenvalue weighted by Gasteiger charge is 2.03. The molecule has 0 aliphatic rings. The smallest absolute Gasteiger partial charge is 0.144 e. The Morgan fingerprint density at radius 1 is 1.12 bits per heavy atom. The van der Waals surface area contributed by atoms with Crippen LogP contribution >= 0.6 is 31.9 Å². The van der Waals surface area contributed by atoms with Gasteiger partial charge in [0.1, 0.15) is 5.82 Å². The Balaban J connectivity index is 2.31. The maximum atomic E-state index is 4.26. The van der Waals surface area contributed by atoms with Gasteiger partial charge in [-0.2, -0.15) is 0 Å². The van der Waals surface area contributed by atoms with Gasteiger partial charge in [0.25, 0.3) is 0 Å². The van der Waals surface area contributed by atoms with E-state index in [1.54, 1.807) is 6.20 Å². The van der Waals surface area contributed by atoms with Crippen LogP contribution in [0.15, 0.2) is 45.5 Å². The molecule has 0 amide bonds. The van der Waals surface area contributed by atoms with Crippen molar-refractivity contribution < 1.29 is 0 Å². The molecule has 0 aliphatic heterocycles. The zero-order valence-electron chi connectivity index (χ0n) is 8.67. The van der Waals surface area contributed by atoms with Gasteiger partial charge in [0.05, 0.1) is 10.2 Å². The third-order valence-corrected chi connectivity index (χ3v) is 3.43. The standard InChI is InChI=1S/C12H10Br2N2/c1-8-4-5-11(10(14)7-8)16-12-9(13)3-2-6-15-12/h2-7H,1H3,(H,15,16). The van der Waals surface area contributed by atoms with Gasteiger partial charge in [-0.1, -0.05) is 6.07 Å². The number of pyridine rings is 1. The van der Waals surface area contributed by atoms with Gasteiger partial charge in [0, 0.05) is 10.7 Å². The van der Waals surface area contributed by atoms with Gasteiger partial charge in [-0.05, 0) is 68.6 Å². The number of rotatable bonds is 2. The predicted molar refractivity (Wildman–Crippen MR) is 74.1 cm³/mol. The van der Waals surface area contributed by atoms with E-state index >= 15 is 0 Å². The number of anilines is 2. The Kier molecular flexibility index (Phi) is 3.61. The molecule has 0 radical (unpaired) electrons. The van der Waals surface area contributed by atoms with E-state index in [9.17, 15) is 0 Å². The Morgan fingerprint density at radius 2 is 1.94 bits per heavy atom. The van der Waals surface area contributed by atoms with E-state index in [2.05, 4.69) is 61.2 Å². The van der Waals surface area contributed by atoms with E-state index in [-0.39, 0.29) is 0 Å². The molecule has 2 rings (SSSR count). The molecule has 0 fully saturated rings. The second-order valence-corrected chi connectivity index (χ2v) is 5.15. The maximum absolute atomic E-state index is 4.26. The molecular formula is C12H10Br2N2. The molecule has 0 saturated heterocycles. The van der Waals surface area contributed by atoms with Gasteiger partial charge < -0.3 is 5.32 Å². The Morgan fingerprint density at radius 3 is 2.62 bits per heavy atom. The fraction of sp³-hybridized carbons (Fsp3) is 0.0833. The van der Waals surface area contributed by atoms with Crippen LogP contribution in [0.2, 0.25) is 0 Å². The lowest BCUT2D eigenvalue weighted by Gasteiger charge is -2.09. The SMILES string of the molecule is Cc1ccc(Nc2ncccc2Br)c(Br)c1. The summed E-state index contributed by atoms with van der Waals surface area (Å²) in [6.45, 7) is 2.06. The molecule has 4 heteroatoms. The fourth-order valence-electron chi connectivity index (χ4n) is 1.33. The lowest BCUT2D eigenvalue weighted by molar-refractivity contribution is 1.28. The number of benzene rings is 1. The van der Waals surface area contributed by atoms with Gasteiger partial charge in [0.2, 0.25) is 0 Å². The first-order valence-electron chi connectivity index (χ1n) is 4.80. The number of hydrogen-bond acceptors (Lipinski definition) is 2. The summed E-state index contributed by atoms with van der Waals surface area (Å²) in [6, 6.07) is 10.0. The molecule has 2 nitrogen and oxygen atoms in total. The van der Waals surface area contributed by atoms with Crippen molar-refractivity contribution in [2.45, 2.75) is 6.92 Å². The highest BCUT2D eigenvalue weighted by molar-refractivity contribution is 9.11. The van der Waals surface area contributed by atoms with Crippen LogP contribution in [-0.2, 0) is 0 Å². The lowest BCUT2D eigenvalue weighted by atomic mass is 10.2. The molecule has 1 N–H and O–H groups in total. The molecule has 0 atom stereocenters. The molecule has 0 spiro atoms. The van der Waals surface area contributed by atoms with E-state index in [4.69, 9.17) is 0 Å². The number of halogens is 2. The number of nitrogens with zero attached hydrogens (tertiary/aromatic N) is 1. The van der Waals surface area contributed by atoms with E-state index in [1.807, 2.05) is 18.2 Å².